The molecule has 1 unspecified atom stereocenters. The first-order chi connectivity index (χ1) is 9.15. The summed E-state index contributed by atoms with van der Waals surface area (Å²) in [7, 11) is 0. The Labute approximate surface area is 111 Å². The molecule has 98 valence electrons. The molecule has 3 rings (SSSR count). The van der Waals surface area contributed by atoms with Crippen LogP contribution in [0.15, 0.2) is 29.4 Å². The Balaban J connectivity index is 1.95. The normalized spacial score (nSPS) is 25.1. The first kappa shape index (κ1) is 11.8. The molecular formula is C14H16N4O. The number of allylic oxidation sites excluding steroid dienone is 1. The van der Waals surface area contributed by atoms with Crippen molar-refractivity contribution in [3.05, 3.63) is 41.1 Å². The van der Waals surface area contributed by atoms with Gasteiger partial charge in [-0.3, -0.25) is 0 Å². The third-order valence-electron chi connectivity index (χ3n) is 3.75. The van der Waals surface area contributed by atoms with Crippen LogP contribution in [0.25, 0.3) is 5.57 Å². The Hall–Kier alpha value is -2.30. The van der Waals surface area contributed by atoms with Crippen molar-refractivity contribution in [3.8, 4) is 0 Å². The Morgan fingerprint density at radius 1 is 1.37 bits per heavy atom. The number of ether oxygens (including phenoxy) is 1. The van der Waals surface area contributed by atoms with Gasteiger partial charge in [0.05, 0.1) is 0 Å². The van der Waals surface area contributed by atoms with E-state index in [1.54, 1.807) is 0 Å². The summed E-state index contributed by atoms with van der Waals surface area (Å²) in [6.45, 7) is 0.549. The zero-order chi connectivity index (χ0) is 13.5. The molecule has 0 saturated carbocycles. The molecule has 2 aliphatic rings. The van der Waals surface area contributed by atoms with Gasteiger partial charge in [-0.05, 0) is 16.7 Å². The lowest BCUT2D eigenvalue weighted by atomic mass is 9.98. The summed E-state index contributed by atoms with van der Waals surface area (Å²) < 4.78 is 5.30. The fraction of sp³-hybridized carbons (Fsp3) is 0.286. The number of amidine groups is 1. The predicted molar refractivity (Wildman–Crippen MR) is 75.1 cm³/mol. The van der Waals surface area contributed by atoms with Gasteiger partial charge in [0, 0.05) is 30.8 Å². The van der Waals surface area contributed by atoms with Crippen molar-refractivity contribution in [2.45, 2.75) is 18.4 Å². The number of nitrogens with two attached hydrogens (primary N) is 2. The molecule has 1 heterocycles. The minimum Gasteiger partial charge on any atom is -0.463 e. The summed E-state index contributed by atoms with van der Waals surface area (Å²) in [5.41, 5.74) is 15.1. The van der Waals surface area contributed by atoms with Crippen LogP contribution in [0.4, 0.5) is 0 Å². The summed E-state index contributed by atoms with van der Waals surface area (Å²) in [4.78, 5) is 4.44. The van der Waals surface area contributed by atoms with Crippen LogP contribution in [0, 0.1) is 5.41 Å². The molecule has 0 aromatic heterocycles. The minimum absolute atomic E-state index is 0.220. The summed E-state index contributed by atoms with van der Waals surface area (Å²) in [6.07, 6.45) is 4.40. The average molecular weight is 256 g/mol. The maximum atomic E-state index is 7.35. The van der Waals surface area contributed by atoms with E-state index in [-0.39, 0.29) is 11.6 Å². The number of fused-ring (bicyclic) bond motifs is 1. The largest absolute Gasteiger partial charge is 0.463 e. The lowest BCUT2D eigenvalue weighted by Gasteiger charge is -2.15. The fourth-order valence-corrected chi connectivity index (χ4v) is 2.83. The van der Waals surface area contributed by atoms with E-state index in [9.17, 15) is 0 Å². The van der Waals surface area contributed by atoms with Gasteiger partial charge in [-0.15, -0.1) is 0 Å². The summed E-state index contributed by atoms with van der Waals surface area (Å²) in [5, 5.41) is 7.35. The maximum absolute atomic E-state index is 7.35. The topological polar surface area (TPSA) is 97.5 Å². The van der Waals surface area contributed by atoms with Crippen molar-refractivity contribution in [2.75, 3.05) is 6.61 Å². The highest BCUT2D eigenvalue weighted by Gasteiger charge is 2.41. The van der Waals surface area contributed by atoms with Crippen molar-refractivity contribution in [1.82, 2.24) is 0 Å². The zero-order valence-corrected chi connectivity index (χ0v) is 10.5. The Bertz CT molecular complexity index is 605. The molecule has 19 heavy (non-hydrogen) atoms. The monoisotopic (exact) mass is 256 g/mol. The first-order valence-corrected chi connectivity index (χ1v) is 6.18. The van der Waals surface area contributed by atoms with Gasteiger partial charge in [0.2, 0.25) is 0 Å². The van der Waals surface area contributed by atoms with Crippen molar-refractivity contribution < 1.29 is 4.74 Å². The van der Waals surface area contributed by atoms with Gasteiger partial charge in [-0.1, -0.05) is 18.2 Å². The van der Waals surface area contributed by atoms with Crippen molar-refractivity contribution >= 4 is 17.8 Å². The number of hydrogen-bond acceptors (Lipinski definition) is 5. The van der Waals surface area contributed by atoms with Gasteiger partial charge in [0.15, 0.2) is 0 Å². The van der Waals surface area contributed by atoms with Crippen molar-refractivity contribution in [3.63, 3.8) is 0 Å². The number of nitrogens with one attached hydrogen (secondary N) is 1. The molecule has 1 aromatic rings. The van der Waals surface area contributed by atoms with Gasteiger partial charge in [-0.25, -0.2) is 4.99 Å². The van der Waals surface area contributed by atoms with Gasteiger partial charge < -0.3 is 21.6 Å². The molecule has 1 aliphatic heterocycles. The zero-order valence-electron chi connectivity index (χ0n) is 10.5. The number of hydrogen-bond donors (Lipinski definition) is 3. The van der Waals surface area contributed by atoms with Crippen molar-refractivity contribution in [1.29, 1.82) is 5.41 Å². The molecule has 0 radical (unpaired) electrons. The molecule has 5 N–H and O–H groups in total. The van der Waals surface area contributed by atoms with Crippen LogP contribution in [0.5, 0.6) is 0 Å². The van der Waals surface area contributed by atoms with E-state index in [0.717, 1.165) is 24.0 Å². The van der Waals surface area contributed by atoms with E-state index in [0.29, 0.717) is 6.61 Å². The lowest BCUT2D eigenvalue weighted by Crippen LogP contribution is -2.28. The molecule has 1 spiro atoms. The van der Waals surface area contributed by atoms with E-state index < -0.39 is 0 Å². The second kappa shape index (κ2) is 4.12. The number of benzene rings is 1. The SMILES string of the molecule is N=C/C(=C\N)c1ccc2c(c1)CC1(COC(N)=N1)C2. The number of nitrogens with zero attached hydrogens (tertiary/aromatic N) is 1. The smallest absolute Gasteiger partial charge is 0.282 e. The van der Waals surface area contributed by atoms with Gasteiger partial charge in [-0.2, -0.15) is 0 Å². The molecule has 0 bridgehead atoms. The van der Waals surface area contributed by atoms with Crippen LogP contribution in [0.3, 0.4) is 0 Å². The van der Waals surface area contributed by atoms with Crippen LogP contribution >= 0.6 is 0 Å². The maximum Gasteiger partial charge on any atom is 0.282 e. The quantitative estimate of drug-likeness (QED) is 0.683. The molecule has 0 amide bonds. The lowest BCUT2D eigenvalue weighted by molar-refractivity contribution is 0.258. The molecular weight excluding hydrogens is 240 g/mol. The highest BCUT2D eigenvalue weighted by Crippen LogP contribution is 2.36. The third-order valence-corrected chi connectivity index (χ3v) is 3.75. The van der Waals surface area contributed by atoms with Crippen LogP contribution in [-0.4, -0.2) is 24.4 Å². The number of rotatable bonds is 2. The van der Waals surface area contributed by atoms with Crippen LogP contribution < -0.4 is 11.5 Å². The van der Waals surface area contributed by atoms with Gasteiger partial charge in [0.1, 0.15) is 12.1 Å². The molecule has 1 aromatic carbocycles. The molecule has 5 heteroatoms. The van der Waals surface area contributed by atoms with E-state index in [1.165, 1.54) is 23.5 Å². The standard InChI is InChI=1S/C14H16N4O/c15-6-12(7-16)9-1-2-10-4-14(5-11(10)3-9)8-19-13(17)18-14/h1-3,6-7,15H,4-5,8,16H2,(H2,17,18)/b12-7+,15-6?. The highest BCUT2D eigenvalue weighted by atomic mass is 16.5. The van der Waals surface area contributed by atoms with Crippen molar-refractivity contribution in [2.24, 2.45) is 16.5 Å². The van der Waals surface area contributed by atoms with Crippen LogP contribution in [0.1, 0.15) is 16.7 Å². The molecule has 1 atom stereocenters. The highest BCUT2D eigenvalue weighted by molar-refractivity contribution is 6.08. The van der Waals surface area contributed by atoms with E-state index in [1.807, 2.05) is 6.07 Å². The average Bonchev–Trinajstić information content (AvgIpc) is 2.93. The van der Waals surface area contributed by atoms with E-state index in [4.69, 9.17) is 21.6 Å². The summed E-state index contributed by atoms with van der Waals surface area (Å²) >= 11 is 0. The van der Waals surface area contributed by atoms with Crippen LogP contribution in [-0.2, 0) is 17.6 Å². The molecule has 5 nitrogen and oxygen atoms in total. The Morgan fingerprint density at radius 3 is 2.79 bits per heavy atom. The molecule has 0 fully saturated rings. The number of aliphatic imine (C=N–C) groups is 1. The van der Waals surface area contributed by atoms with Gasteiger partial charge >= 0.3 is 0 Å². The van der Waals surface area contributed by atoms with Crippen LogP contribution in [0.2, 0.25) is 0 Å². The predicted octanol–water partition coefficient (Wildman–Crippen LogP) is 0.818. The second-order valence-corrected chi connectivity index (χ2v) is 5.07. The minimum atomic E-state index is -0.220. The summed E-state index contributed by atoms with van der Waals surface area (Å²) in [6, 6.07) is 6.44. The van der Waals surface area contributed by atoms with E-state index >= 15 is 0 Å². The fourth-order valence-electron chi connectivity index (χ4n) is 2.83. The Morgan fingerprint density at radius 2 is 2.16 bits per heavy atom. The summed E-state index contributed by atoms with van der Waals surface area (Å²) in [5.74, 6) is 0. The first-order valence-electron chi connectivity index (χ1n) is 6.18. The molecule has 0 saturated heterocycles. The second-order valence-electron chi connectivity index (χ2n) is 5.07. The molecule has 1 aliphatic carbocycles. The third kappa shape index (κ3) is 1.87. The van der Waals surface area contributed by atoms with Gasteiger partial charge in [0.25, 0.3) is 6.02 Å². The Kier molecular flexibility index (Phi) is 2.55. The van der Waals surface area contributed by atoms with E-state index in [2.05, 4.69) is 17.1 Å².